The molecule has 0 radical (unpaired) electrons. The van der Waals surface area contributed by atoms with E-state index < -0.39 is 29.5 Å². The van der Waals surface area contributed by atoms with Crippen LogP contribution in [0.25, 0.3) is 0 Å². The molecule has 4 fully saturated rings. The number of nitrogens with two attached hydrogens (primary N) is 1. The first-order chi connectivity index (χ1) is 27.4. The molecule has 2 aromatic carbocycles. The summed E-state index contributed by atoms with van der Waals surface area (Å²) in [5, 5.41) is 60.9. The molecule has 3 heterocycles. The second-order valence-corrected chi connectivity index (χ2v) is 17.1. The van der Waals surface area contributed by atoms with E-state index in [0.717, 1.165) is 49.7 Å². The lowest BCUT2D eigenvalue weighted by Gasteiger charge is -2.66. The van der Waals surface area contributed by atoms with E-state index >= 15 is 0 Å². The van der Waals surface area contributed by atoms with Crippen molar-refractivity contribution in [3.8, 4) is 28.7 Å². The van der Waals surface area contributed by atoms with Gasteiger partial charge in [-0.2, -0.15) is 0 Å². The SMILES string of the molecule is COc1cc(CC[C@H]2C[C@H](O)[C@@H](CCO)[C@@H](c3cc(OC)c(O)c(OC[C@@H]4N[C@@H](C)C[C@]56CCC[C@H]5CC[C@@H](C5=CCNC(N)=C5)[C@]46CC(=O)O)c3)O2)ccc1O. The van der Waals surface area contributed by atoms with Crippen LogP contribution >= 0.6 is 0 Å². The zero-order valence-corrected chi connectivity index (χ0v) is 33.4. The summed E-state index contributed by atoms with van der Waals surface area (Å²) < 4.78 is 24.4. The monoisotopic (exact) mass is 791 g/mol. The van der Waals surface area contributed by atoms with E-state index in [1.807, 2.05) is 12.1 Å². The number of hydrogen-bond donors (Lipinski definition) is 8. The second kappa shape index (κ2) is 17.0. The molecule has 312 valence electrons. The molecule has 0 aromatic heterocycles. The minimum absolute atomic E-state index is 0.0231. The number of rotatable bonds is 14. The van der Waals surface area contributed by atoms with Crippen LogP contribution in [0.15, 0.2) is 53.9 Å². The number of ether oxygens (including phenoxy) is 4. The summed E-state index contributed by atoms with van der Waals surface area (Å²) in [6.07, 6.45) is 10.1. The van der Waals surface area contributed by atoms with Gasteiger partial charge in [-0.1, -0.05) is 18.6 Å². The molecule has 2 aliphatic carbocycles. The third kappa shape index (κ3) is 7.75. The van der Waals surface area contributed by atoms with Gasteiger partial charge in [0.15, 0.2) is 23.0 Å². The number of aliphatic hydroxyl groups excluding tert-OH is 2. The number of aliphatic hydroxyl groups is 2. The van der Waals surface area contributed by atoms with Gasteiger partial charge in [-0.3, -0.25) is 4.79 Å². The highest BCUT2D eigenvalue weighted by atomic mass is 16.5. The maximum Gasteiger partial charge on any atom is 0.304 e. The fraction of sp³-hybridized carbons (Fsp3) is 0.614. The van der Waals surface area contributed by atoms with Gasteiger partial charge in [-0.15, -0.1) is 0 Å². The van der Waals surface area contributed by atoms with Gasteiger partial charge in [-0.05, 0) is 129 Å². The van der Waals surface area contributed by atoms with E-state index in [2.05, 4.69) is 23.6 Å². The lowest BCUT2D eigenvalue weighted by molar-refractivity contribution is -0.172. The first-order valence-corrected chi connectivity index (χ1v) is 20.7. The van der Waals surface area contributed by atoms with Crippen molar-refractivity contribution in [3.05, 3.63) is 65.0 Å². The number of phenols is 2. The van der Waals surface area contributed by atoms with Gasteiger partial charge in [0.1, 0.15) is 6.61 Å². The van der Waals surface area contributed by atoms with E-state index in [1.54, 1.807) is 24.3 Å². The highest BCUT2D eigenvalue weighted by Crippen LogP contribution is 2.70. The third-order valence-corrected chi connectivity index (χ3v) is 14.1. The fourth-order valence-electron chi connectivity index (χ4n) is 11.9. The summed E-state index contributed by atoms with van der Waals surface area (Å²) in [5.74, 6) is 0.244. The van der Waals surface area contributed by atoms with Gasteiger partial charge in [0.2, 0.25) is 5.75 Å². The Balaban J connectivity index is 1.21. The predicted molar refractivity (Wildman–Crippen MR) is 213 cm³/mol. The maximum absolute atomic E-state index is 13.1. The molecule has 57 heavy (non-hydrogen) atoms. The van der Waals surface area contributed by atoms with E-state index in [1.165, 1.54) is 14.2 Å². The van der Waals surface area contributed by atoms with Gasteiger partial charge in [0, 0.05) is 36.6 Å². The molecule has 7 rings (SSSR count). The van der Waals surface area contributed by atoms with Gasteiger partial charge >= 0.3 is 5.97 Å². The molecule has 9 N–H and O–H groups in total. The molecule has 13 nitrogen and oxygen atoms in total. The third-order valence-electron chi connectivity index (χ3n) is 14.1. The van der Waals surface area contributed by atoms with Crippen LogP contribution < -0.4 is 30.6 Å². The van der Waals surface area contributed by atoms with E-state index in [4.69, 9.17) is 24.7 Å². The summed E-state index contributed by atoms with van der Waals surface area (Å²) in [5.41, 5.74) is 8.07. The smallest absolute Gasteiger partial charge is 0.304 e. The van der Waals surface area contributed by atoms with Crippen molar-refractivity contribution in [2.24, 2.45) is 34.3 Å². The quantitative estimate of drug-likeness (QED) is 0.126. The normalized spacial score (nSPS) is 33.6. The maximum atomic E-state index is 13.1. The summed E-state index contributed by atoms with van der Waals surface area (Å²) in [7, 11) is 2.97. The molecule has 0 bridgehead atoms. The Hall–Kier alpha value is -4.17. The van der Waals surface area contributed by atoms with Crippen molar-refractivity contribution in [2.75, 3.05) is 34.0 Å². The van der Waals surface area contributed by atoms with Crippen molar-refractivity contribution < 1.29 is 49.3 Å². The number of allylic oxidation sites excluding steroid dienone is 2. The number of benzene rings is 2. The number of carbonyl (C=O) groups is 1. The zero-order chi connectivity index (χ0) is 40.5. The Labute approximate surface area is 335 Å². The number of methoxy groups -OCH3 is 2. The molecule has 13 heteroatoms. The summed E-state index contributed by atoms with van der Waals surface area (Å²) >= 11 is 0. The second-order valence-electron chi connectivity index (χ2n) is 17.1. The number of carboxylic acids is 1. The molecule has 5 aliphatic rings. The molecule has 1 spiro atoms. The van der Waals surface area contributed by atoms with Gasteiger partial charge in [0.25, 0.3) is 0 Å². The first-order valence-electron chi connectivity index (χ1n) is 20.7. The van der Waals surface area contributed by atoms with Crippen molar-refractivity contribution in [1.29, 1.82) is 0 Å². The standard InChI is InChI=1S/C44H61N3O10/c1-25-22-43-14-4-5-29(43)8-10-32(27-12-15-46-39(45)20-27)44(43,23-40(51)52)38(47-25)24-56-37-19-28(18-36(55-3)41(37)53)42-31(13-16-48)34(50)21-30(57-42)9-6-26-7-11-33(49)35(17-26)54-2/h7,11-12,17-20,25,29-32,34,38,42,46-50,53H,4-6,8-10,13-16,21-24,45H2,1-3H3,(H,51,52)/t25-,29-,30-,31+,32-,34-,38-,42+,43+,44+/m0/s1. The van der Waals surface area contributed by atoms with Gasteiger partial charge < -0.3 is 60.8 Å². The highest BCUT2D eigenvalue weighted by molar-refractivity contribution is 5.69. The Morgan fingerprint density at radius 3 is 2.58 bits per heavy atom. The molecular weight excluding hydrogens is 730 g/mol. The molecule has 2 saturated heterocycles. The van der Waals surface area contributed by atoms with Gasteiger partial charge in [0.05, 0.1) is 44.8 Å². The number of aryl methyl sites for hydroxylation is 1. The van der Waals surface area contributed by atoms with E-state index in [9.17, 15) is 30.3 Å². The highest BCUT2D eigenvalue weighted by Gasteiger charge is 2.68. The molecule has 3 aliphatic heterocycles. The van der Waals surface area contributed by atoms with Crippen LogP contribution in [-0.4, -0.2) is 89.8 Å². The molecule has 2 saturated carbocycles. The number of phenolic OH excluding ortho intramolecular Hbond substituents is 2. The first kappa shape index (κ1) is 41.0. The average Bonchev–Trinajstić information content (AvgIpc) is 3.60. The Morgan fingerprint density at radius 2 is 1.84 bits per heavy atom. The molecule has 10 atom stereocenters. The lowest BCUT2D eigenvalue weighted by atomic mass is 9.41. The van der Waals surface area contributed by atoms with E-state index in [-0.39, 0.29) is 72.2 Å². The summed E-state index contributed by atoms with van der Waals surface area (Å²) in [6, 6.07) is 8.39. The summed E-state index contributed by atoms with van der Waals surface area (Å²) in [4.78, 5) is 13.1. The molecule has 0 unspecified atom stereocenters. The van der Waals surface area contributed by atoms with Crippen molar-refractivity contribution in [1.82, 2.24) is 10.6 Å². The van der Waals surface area contributed by atoms with E-state index in [0.29, 0.717) is 55.3 Å². The number of dihydropyridines is 1. The average molecular weight is 792 g/mol. The van der Waals surface area contributed by atoms with Crippen LogP contribution in [0.4, 0.5) is 0 Å². The number of hydrogen-bond acceptors (Lipinski definition) is 12. The fourth-order valence-corrected chi connectivity index (χ4v) is 11.9. The predicted octanol–water partition coefficient (Wildman–Crippen LogP) is 5.05. The Kier molecular flexibility index (Phi) is 12.2. The lowest BCUT2D eigenvalue weighted by Crippen LogP contribution is -2.70. The van der Waals surface area contributed by atoms with Crippen LogP contribution in [0, 0.1) is 28.6 Å². The molecule has 0 amide bonds. The van der Waals surface area contributed by atoms with Crippen LogP contribution in [0.1, 0.15) is 88.4 Å². The van der Waals surface area contributed by atoms with Crippen LogP contribution in [-0.2, 0) is 16.0 Å². The van der Waals surface area contributed by atoms with Crippen LogP contribution in [0.5, 0.6) is 28.7 Å². The Morgan fingerprint density at radius 1 is 1.05 bits per heavy atom. The minimum Gasteiger partial charge on any atom is -0.504 e. The largest absolute Gasteiger partial charge is 0.504 e. The number of aliphatic carboxylic acids is 1. The van der Waals surface area contributed by atoms with Crippen LogP contribution in [0.2, 0.25) is 0 Å². The number of carboxylic acid groups (broad SMARTS) is 1. The van der Waals surface area contributed by atoms with Crippen LogP contribution in [0.3, 0.4) is 0 Å². The van der Waals surface area contributed by atoms with Crippen molar-refractivity contribution >= 4 is 5.97 Å². The van der Waals surface area contributed by atoms with Crippen molar-refractivity contribution in [2.45, 2.75) is 108 Å². The Bertz CT molecular complexity index is 1840. The zero-order valence-electron chi connectivity index (χ0n) is 33.4. The number of aromatic hydroxyl groups is 2. The number of piperidine rings is 1. The molecule has 2 aromatic rings. The minimum atomic E-state index is -0.840. The topological polar surface area (TPSA) is 205 Å². The van der Waals surface area contributed by atoms with Crippen molar-refractivity contribution in [3.63, 3.8) is 0 Å². The number of nitrogens with one attached hydrogen (secondary N) is 2. The summed E-state index contributed by atoms with van der Waals surface area (Å²) in [6.45, 7) is 2.71. The molecular formula is C44H61N3O10. The van der Waals surface area contributed by atoms with Gasteiger partial charge in [-0.25, -0.2) is 0 Å².